The molecule has 3 heteroatoms. The van der Waals surface area contributed by atoms with Crippen LogP contribution in [0.2, 0.25) is 0 Å². The summed E-state index contributed by atoms with van der Waals surface area (Å²) in [5, 5.41) is 0. The first kappa shape index (κ1) is 10.1. The Labute approximate surface area is 94.8 Å². The van der Waals surface area contributed by atoms with Gasteiger partial charge in [0.1, 0.15) is 0 Å². The average molecular weight is 220 g/mol. The van der Waals surface area contributed by atoms with Crippen molar-refractivity contribution in [2.75, 3.05) is 7.11 Å². The molecule has 0 aromatic carbocycles. The Morgan fingerprint density at radius 2 is 2.00 bits per heavy atom. The van der Waals surface area contributed by atoms with Crippen LogP contribution >= 0.6 is 0 Å². The van der Waals surface area contributed by atoms with Crippen molar-refractivity contribution in [2.24, 2.45) is 29.6 Å². The molecule has 0 unspecified atom stereocenters. The van der Waals surface area contributed by atoms with E-state index in [0.29, 0.717) is 17.8 Å². The van der Waals surface area contributed by atoms with Crippen LogP contribution < -0.4 is 0 Å². The molecule has 86 valence electrons. The zero-order chi connectivity index (χ0) is 11.4. The van der Waals surface area contributed by atoms with E-state index in [2.05, 4.69) is 0 Å². The number of ether oxygens (including phenoxy) is 1. The van der Waals surface area contributed by atoms with Crippen molar-refractivity contribution in [3.63, 3.8) is 0 Å². The standard InChI is InChI=1S/C13H16O3/c1-6-5-9(14)11-7-3-4-8(10(6)7)12(11)13(15)16-2/h5,7-8,10-12H,3-4H2,1-2H3/t7-,8+,10-,11-,12+/m1/s1. The van der Waals surface area contributed by atoms with Crippen LogP contribution in [0.4, 0.5) is 0 Å². The summed E-state index contributed by atoms with van der Waals surface area (Å²) in [7, 11) is 1.42. The van der Waals surface area contributed by atoms with E-state index < -0.39 is 0 Å². The molecule has 2 fully saturated rings. The fourth-order valence-corrected chi connectivity index (χ4v) is 4.34. The highest BCUT2D eigenvalue weighted by Crippen LogP contribution is 2.61. The zero-order valence-corrected chi connectivity index (χ0v) is 9.60. The quantitative estimate of drug-likeness (QED) is 0.630. The van der Waals surface area contributed by atoms with E-state index in [-0.39, 0.29) is 23.6 Å². The molecular weight excluding hydrogens is 204 g/mol. The predicted octanol–water partition coefficient (Wildman–Crippen LogP) is 1.58. The molecule has 0 aromatic rings. The van der Waals surface area contributed by atoms with Gasteiger partial charge in [-0.25, -0.2) is 0 Å². The highest BCUT2D eigenvalue weighted by Gasteiger charge is 2.61. The lowest BCUT2D eigenvalue weighted by Gasteiger charge is -2.28. The summed E-state index contributed by atoms with van der Waals surface area (Å²) in [6.07, 6.45) is 3.93. The second kappa shape index (κ2) is 3.19. The number of ketones is 1. The van der Waals surface area contributed by atoms with Crippen LogP contribution in [0.15, 0.2) is 11.6 Å². The molecule has 0 heterocycles. The smallest absolute Gasteiger partial charge is 0.309 e. The maximum atomic E-state index is 12.0. The first-order chi connectivity index (χ1) is 7.65. The fraction of sp³-hybridized carbons (Fsp3) is 0.692. The van der Waals surface area contributed by atoms with E-state index in [4.69, 9.17) is 4.74 Å². The zero-order valence-electron chi connectivity index (χ0n) is 9.60. The molecule has 0 spiro atoms. The molecule has 16 heavy (non-hydrogen) atoms. The monoisotopic (exact) mass is 220 g/mol. The number of hydrogen-bond donors (Lipinski definition) is 0. The van der Waals surface area contributed by atoms with Gasteiger partial charge in [0.05, 0.1) is 13.0 Å². The summed E-state index contributed by atoms with van der Waals surface area (Å²) in [5.74, 6) is 0.938. The third-order valence-corrected chi connectivity index (χ3v) is 4.76. The van der Waals surface area contributed by atoms with Gasteiger partial charge in [-0.3, -0.25) is 9.59 Å². The number of hydrogen-bond acceptors (Lipinski definition) is 3. The molecule has 2 saturated carbocycles. The van der Waals surface area contributed by atoms with Crippen molar-refractivity contribution < 1.29 is 14.3 Å². The SMILES string of the molecule is COC(=O)[C@H]1[C@H]2CC[C@@H]3[C@H]2C(C)=CC(=O)[C@@H]31. The highest BCUT2D eigenvalue weighted by molar-refractivity contribution is 5.98. The maximum Gasteiger partial charge on any atom is 0.309 e. The number of methoxy groups -OCH3 is 1. The van der Waals surface area contributed by atoms with Gasteiger partial charge in [0.25, 0.3) is 0 Å². The predicted molar refractivity (Wildman–Crippen MR) is 57.5 cm³/mol. The van der Waals surface area contributed by atoms with Crippen molar-refractivity contribution >= 4 is 11.8 Å². The number of carbonyl (C=O) groups excluding carboxylic acids is 2. The number of allylic oxidation sites excluding steroid dienone is 2. The van der Waals surface area contributed by atoms with Crippen LogP contribution in [-0.2, 0) is 14.3 Å². The summed E-state index contributed by atoms with van der Waals surface area (Å²) in [5.41, 5.74) is 1.18. The second-order valence-corrected chi connectivity index (χ2v) is 5.30. The van der Waals surface area contributed by atoms with E-state index in [1.54, 1.807) is 6.08 Å². The Kier molecular flexibility index (Phi) is 2.00. The minimum absolute atomic E-state index is 0.0834. The van der Waals surface area contributed by atoms with Crippen LogP contribution in [-0.4, -0.2) is 18.9 Å². The molecule has 0 N–H and O–H groups in total. The third kappa shape index (κ3) is 1.04. The van der Waals surface area contributed by atoms with E-state index in [1.165, 1.54) is 12.7 Å². The normalized spacial score (nSPS) is 44.5. The van der Waals surface area contributed by atoms with Crippen molar-refractivity contribution in [3.8, 4) is 0 Å². The lowest BCUT2D eigenvalue weighted by Crippen LogP contribution is -2.35. The van der Waals surface area contributed by atoms with Gasteiger partial charge >= 0.3 is 5.97 Å². The lowest BCUT2D eigenvalue weighted by molar-refractivity contribution is -0.151. The molecule has 5 atom stereocenters. The second-order valence-electron chi connectivity index (χ2n) is 5.30. The van der Waals surface area contributed by atoms with Gasteiger partial charge in [0.2, 0.25) is 0 Å². The van der Waals surface area contributed by atoms with Crippen LogP contribution in [0, 0.1) is 29.6 Å². The molecule has 0 aromatic heterocycles. The van der Waals surface area contributed by atoms with E-state index in [0.717, 1.165) is 12.8 Å². The summed E-state index contributed by atoms with van der Waals surface area (Å²) in [6.45, 7) is 2.03. The molecule has 3 nitrogen and oxygen atoms in total. The fourth-order valence-electron chi connectivity index (χ4n) is 4.34. The number of rotatable bonds is 1. The molecule has 3 rings (SSSR count). The molecule has 0 radical (unpaired) electrons. The van der Waals surface area contributed by atoms with Gasteiger partial charge in [0, 0.05) is 5.92 Å². The number of carbonyl (C=O) groups is 2. The summed E-state index contributed by atoms with van der Waals surface area (Å²) >= 11 is 0. The van der Waals surface area contributed by atoms with Gasteiger partial charge in [0.15, 0.2) is 5.78 Å². The molecule has 3 aliphatic carbocycles. The Hall–Kier alpha value is -1.12. The van der Waals surface area contributed by atoms with Crippen LogP contribution in [0.3, 0.4) is 0 Å². The van der Waals surface area contributed by atoms with E-state index in [1.807, 2.05) is 6.92 Å². The Morgan fingerprint density at radius 1 is 1.31 bits per heavy atom. The van der Waals surface area contributed by atoms with Crippen molar-refractivity contribution in [1.82, 2.24) is 0 Å². The summed E-state index contributed by atoms with van der Waals surface area (Å²) in [6, 6.07) is 0. The largest absolute Gasteiger partial charge is 0.469 e. The molecule has 3 aliphatic rings. The van der Waals surface area contributed by atoms with Crippen molar-refractivity contribution in [2.45, 2.75) is 19.8 Å². The maximum absolute atomic E-state index is 12.0. The highest BCUT2D eigenvalue weighted by atomic mass is 16.5. The van der Waals surface area contributed by atoms with Gasteiger partial charge in [-0.1, -0.05) is 5.57 Å². The van der Waals surface area contributed by atoms with Crippen LogP contribution in [0.5, 0.6) is 0 Å². The van der Waals surface area contributed by atoms with Crippen LogP contribution in [0.1, 0.15) is 19.8 Å². The number of esters is 1. The Morgan fingerprint density at radius 3 is 2.69 bits per heavy atom. The van der Waals surface area contributed by atoms with Gasteiger partial charge in [-0.15, -0.1) is 0 Å². The van der Waals surface area contributed by atoms with Crippen molar-refractivity contribution in [1.29, 1.82) is 0 Å². The van der Waals surface area contributed by atoms with Crippen molar-refractivity contribution in [3.05, 3.63) is 11.6 Å². The van der Waals surface area contributed by atoms with E-state index >= 15 is 0 Å². The third-order valence-electron chi connectivity index (χ3n) is 4.76. The topological polar surface area (TPSA) is 43.4 Å². The van der Waals surface area contributed by atoms with Crippen LogP contribution in [0.25, 0.3) is 0 Å². The molecule has 0 amide bonds. The Balaban J connectivity index is 2.03. The first-order valence-corrected chi connectivity index (χ1v) is 5.95. The molecule has 0 aliphatic heterocycles. The summed E-state index contributed by atoms with van der Waals surface area (Å²) < 4.78 is 4.86. The lowest BCUT2D eigenvalue weighted by atomic mass is 9.75. The molecular formula is C13H16O3. The van der Waals surface area contributed by atoms with Gasteiger partial charge < -0.3 is 4.74 Å². The van der Waals surface area contributed by atoms with Gasteiger partial charge in [-0.2, -0.15) is 0 Å². The first-order valence-electron chi connectivity index (χ1n) is 5.95. The average Bonchev–Trinajstić information content (AvgIpc) is 2.79. The summed E-state index contributed by atoms with van der Waals surface area (Å²) in [4.78, 5) is 23.8. The van der Waals surface area contributed by atoms with Gasteiger partial charge in [-0.05, 0) is 43.6 Å². The van der Waals surface area contributed by atoms with E-state index in [9.17, 15) is 9.59 Å². The molecule has 0 saturated heterocycles. The Bertz CT molecular complexity index is 396. The minimum atomic E-state index is -0.182. The molecule has 4 bridgehead atoms. The minimum Gasteiger partial charge on any atom is -0.469 e.